The van der Waals surface area contributed by atoms with Gasteiger partial charge in [-0.25, -0.2) is 12.8 Å². The number of nitrogens with one attached hydrogen (secondary N) is 2. The van der Waals surface area contributed by atoms with E-state index in [1.165, 1.54) is 37.3 Å². The zero-order chi connectivity index (χ0) is 15.5. The van der Waals surface area contributed by atoms with Gasteiger partial charge in [0.25, 0.3) is 10.0 Å². The SMILES string of the molecule is CC(=O)NCc1ccc(S(=O)(=O)Nc2ccc(F)cc2)s1. The Balaban J connectivity index is 2.12. The van der Waals surface area contributed by atoms with E-state index in [2.05, 4.69) is 10.0 Å². The summed E-state index contributed by atoms with van der Waals surface area (Å²) < 4.78 is 39.6. The molecule has 2 N–H and O–H groups in total. The maximum atomic E-state index is 12.8. The van der Waals surface area contributed by atoms with Crippen LogP contribution < -0.4 is 10.0 Å². The van der Waals surface area contributed by atoms with E-state index in [0.717, 1.165) is 16.2 Å². The molecule has 112 valence electrons. The number of halogens is 1. The van der Waals surface area contributed by atoms with Crippen LogP contribution in [0.1, 0.15) is 11.8 Å². The molecule has 0 saturated heterocycles. The van der Waals surface area contributed by atoms with Gasteiger partial charge in [-0.3, -0.25) is 9.52 Å². The highest BCUT2D eigenvalue weighted by Crippen LogP contribution is 2.24. The third-order valence-electron chi connectivity index (χ3n) is 2.51. The molecule has 2 rings (SSSR count). The maximum Gasteiger partial charge on any atom is 0.271 e. The molecule has 0 aliphatic carbocycles. The summed E-state index contributed by atoms with van der Waals surface area (Å²) in [4.78, 5) is 11.5. The molecule has 0 atom stereocenters. The minimum absolute atomic E-state index is 0.132. The number of carbonyl (C=O) groups excluding carboxylic acids is 1. The van der Waals surface area contributed by atoms with Crippen molar-refractivity contribution < 1.29 is 17.6 Å². The van der Waals surface area contributed by atoms with Crippen molar-refractivity contribution in [3.63, 3.8) is 0 Å². The Morgan fingerprint density at radius 2 is 1.86 bits per heavy atom. The van der Waals surface area contributed by atoms with Gasteiger partial charge in [-0.2, -0.15) is 0 Å². The molecule has 0 radical (unpaired) electrons. The van der Waals surface area contributed by atoms with Crippen molar-refractivity contribution in [3.05, 3.63) is 47.1 Å². The topological polar surface area (TPSA) is 75.3 Å². The van der Waals surface area contributed by atoms with Crippen molar-refractivity contribution in [2.75, 3.05) is 4.72 Å². The summed E-state index contributed by atoms with van der Waals surface area (Å²) in [6.45, 7) is 1.67. The third-order valence-corrected chi connectivity index (χ3v) is 5.47. The van der Waals surface area contributed by atoms with E-state index < -0.39 is 15.8 Å². The number of sulfonamides is 1. The fraction of sp³-hybridized carbons (Fsp3) is 0.154. The zero-order valence-corrected chi connectivity index (χ0v) is 12.7. The molecule has 0 aliphatic rings. The van der Waals surface area contributed by atoms with E-state index in [4.69, 9.17) is 0 Å². The average molecular weight is 328 g/mol. The first-order chi connectivity index (χ1) is 9.87. The minimum atomic E-state index is -3.71. The predicted molar refractivity (Wildman–Crippen MR) is 79.0 cm³/mol. The molecular formula is C13H13FN2O3S2. The minimum Gasteiger partial charge on any atom is -0.351 e. The van der Waals surface area contributed by atoms with E-state index in [-0.39, 0.29) is 22.3 Å². The number of amides is 1. The normalized spacial score (nSPS) is 11.1. The molecule has 0 unspecified atom stereocenters. The van der Waals surface area contributed by atoms with Crippen LogP contribution in [0.2, 0.25) is 0 Å². The van der Waals surface area contributed by atoms with Crippen LogP contribution in [-0.4, -0.2) is 14.3 Å². The lowest BCUT2D eigenvalue weighted by Crippen LogP contribution is -2.18. The number of anilines is 1. The average Bonchev–Trinajstić information content (AvgIpc) is 2.88. The van der Waals surface area contributed by atoms with E-state index in [1.54, 1.807) is 6.07 Å². The Morgan fingerprint density at radius 3 is 2.48 bits per heavy atom. The fourth-order valence-corrected chi connectivity index (χ4v) is 3.89. The Labute approximate surface area is 125 Å². The van der Waals surface area contributed by atoms with Gasteiger partial charge < -0.3 is 5.32 Å². The number of carbonyl (C=O) groups is 1. The van der Waals surface area contributed by atoms with Gasteiger partial charge in [0.2, 0.25) is 5.91 Å². The van der Waals surface area contributed by atoms with E-state index >= 15 is 0 Å². The van der Waals surface area contributed by atoms with Crippen molar-refractivity contribution in [2.45, 2.75) is 17.7 Å². The molecule has 1 aromatic carbocycles. The Kier molecular flexibility index (Phi) is 4.59. The molecule has 0 fully saturated rings. The summed E-state index contributed by atoms with van der Waals surface area (Å²) in [7, 11) is -3.71. The summed E-state index contributed by atoms with van der Waals surface area (Å²) in [5, 5.41) is 2.60. The van der Waals surface area contributed by atoms with Crippen LogP contribution in [0.5, 0.6) is 0 Å². The largest absolute Gasteiger partial charge is 0.351 e. The van der Waals surface area contributed by atoms with Crippen LogP contribution in [0, 0.1) is 5.82 Å². The first-order valence-electron chi connectivity index (χ1n) is 5.98. The van der Waals surface area contributed by atoms with Crippen molar-refractivity contribution >= 4 is 33.0 Å². The lowest BCUT2D eigenvalue weighted by molar-refractivity contribution is -0.119. The number of thiophene rings is 1. The third kappa shape index (κ3) is 4.27. The van der Waals surface area contributed by atoms with E-state index in [0.29, 0.717) is 0 Å². The molecular weight excluding hydrogens is 315 g/mol. The smallest absolute Gasteiger partial charge is 0.271 e. The molecule has 0 spiro atoms. The van der Waals surface area contributed by atoms with Gasteiger partial charge in [0.05, 0.1) is 6.54 Å². The summed E-state index contributed by atoms with van der Waals surface area (Å²) in [6.07, 6.45) is 0. The van der Waals surface area contributed by atoms with Gasteiger partial charge in [0, 0.05) is 17.5 Å². The van der Waals surface area contributed by atoms with Gasteiger partial charge in [-0.1, -0.05) is 0 Å². The molecule has 0 aliphatic heterocycles. The van der Waals surface area contributed by atoms with Gasteiger partial charge >= 0.3 is 0 Å². The highest BCUT2D eigenvalue weighted by atomic mass is 32.2. The molecule has 8 heteroatoms. The highest BCUT2D eigenvalue weighted by molar-refractivity contribution is 7.94. The highest BCUT2D eigenvalue weighted by Gasteiger charge is 2.17. The molecule has 0 bridgehead atoms. The monoisotopic (exact) mass is 328 g/mol. The summed E-state index contributed by atoms with van der Waals surface area (Å²) in [5.41, 5.74) is 0.285. The Morgan fingerprint density at radius 1 is 1.19 bits per heavy atom. The number of rotatable bonds is 5. The first-order valence-corrected chi connectivity index (χ1v) is 8.28. The molecule has 0 saturated carbocycles. The lowest BCUT2D eigenvalue weighted by Gasteiger charge is -2.05. The number of benzene rings is 1. The van der Waals surface area contributed by atoms with Gasteiger partial charge in [-0.05, 0) is 36.4 Å². The van der Waals surface area contributed by atoms with Gasteiger partial charge in [-0.15, -0.1) is 11.3 Å². The van der Waals surface area contributed by atoms with Crippen LogP contribution >= 0.6 is 11.3 Å². The second-order valence-corrected chi connectivity index (χ2v) is 7.32. The second kappa shape index (κ2) is 6.23. The van der Waals surface area contributed by atoms with Gasteiger partial charge in [0.1, 0.15) is 10.0 Å². The summed E-state index contributed by atoms with van der Waals surface area (Å²) in [5.74, 6) is -0.621. The first kappa shape index (κ1) is 15.5. The summed E-state index contributed by atoms with van der Waals surface area (Å²) in [6, 6.07) is 8.15. The van der Waals surface area contributed by atoms with Crippen LogP contribution in [0.25, 0.3) is 0 Å². The van der Waals surface area contributed by atoms with Crippen molar-refractivity contribution in [1.29, 1.82) is 0 Å². The number of hydrogen-bond donors (Lipinski definition) is 2. The zero-order valence-electron chi connectivity index (χ0n) is 11.1. The van der Waals surface area contributed by atoms with Crippen molar-refractivity contribution in [3.8, 4) is 0 Å². The van der Waals surface area contributed by atoms with E-state index in [9.17, 15) is 17.6 Å². The van der Waals surface area contributed by atoms with E-state index in [1.807, 2.05) is 0 Å². The number of hydrogen-bond acceptors (Lipinski definition) is 4. The quantitative estimate of drug-likeness (QED) is 0.884. The van der Waals surface area contributed by atoms with Crippen LogP contribution in [0.3, 0.4) is 0 Å². The van der Waals surface area contributed by atoms with Crippen LogP contribution in [-0.2, 0) is 21.4 Å². The van der Waals surface area contributed by atoms with Crippen molar-refractivity contribution in [1.82, 2.24) is 5.32 Å². The van der Waals surface area contributed by atoms with Crippen LogP contribution in [0.15, 0.2) is 40.6 Å². The molecule has 1 amide bonds. The fourth-order valence-electron chi connectivity index (χ4n) is 1.53. The molecule has 1 heterocycles. The second-order valence-electron chi connectivity index (χ2n) is 4.24. The Bertz CT molecular complexity index is 739. The lowest BCUT2D eigenvalue weighted by atomic mass is 10.3. The van der Waals surface area contributed by atoms with Gasteiger partial charge in [0.15, 0.2) is 0 Å². The predicted octanol–water partition coefficient (Wildman–Crippen LogP) is 2.32. The van der Waals surface area contributed by atoms with Crippen LogP contribution in [0.4, 0.5) is 10.1 Å². The molecule has 5 nitrogen and oxygen atoms in total. The maximum absolute atomic E-state index is 12.8. The standard InChI is InChI=1S/C13H13FN2O3S2/c1-9(17)15-8-12-6-7-13(20-12)21(18,19)16-11-4-2-10(14)3-5-11/h2-7,16H,8H2,1H3,(H,15,17). The summed E-state index contributed by atoms with van der Waals surface area (Å²) >= 11 is 1.06. The van der Waals surface area contributed by atoms with Crippen molar-refractivity contribution in [2.24, 2.45) is 0 Å². The molecule has 21 heavy (non-hydrogen) atoms. The molecule has 1 aromatic heterocycles. The Hall–Kier alpha value is -1.93. The molecule has 2 aromatic rings.